The number of hydrogen-bond donors (Lipinski definition) is 1. The minimum absolute atomic E-state index is 0.133. The minimum Gasteiger partial charge on any atom is -0.309 e. The average Bonchev–Trinajstić information content (AvgIpc) is 2.76. The van der Waals surface area contributed by atoms with Crippen LogP contribution < -0.4 is 5.32 Å². The Kier molecular flexibility index (Phi) is 3.76. The van der Waals surface area contributed by atoms with Crippen LogP contribution in [-0.2, 0) is 12.5 Å². The smallest absolute Gasteiger partial charge is 0.0608 e. The molecule has 0 spiro atoms. The summed E-state index contributed by atoms with van der Waals surface area (Å²) in [5.74, 6) is 0. The fourth-order valence-corrected chi connectivity index (χ4v) is 2.52. The van der Waals surface area contributed by atoms with Crippen molar-refractivity contribution < 1.29 is 0 Å². The van der Waals surface area contributed by atoms with E-state index >= 15 is 0 Å². The molecular formula is C16H23N3. The maximum Gasteiger partial charge on any atom is 0.0608 e. The second-order valence-electron chi connectivity index (χ2n) is 6.01. The molecule has 1 atom stereocenters. The van der Waals surface area contributed by atoms with Gasteiger partial charge in [-0.3, -0.25) is 4.68 Å². The van der Waals surface area contributed by atoms with Gasteiger partial charge in [-0.05, 0) is 23.6 Å². The van der Waals surface area contributed by atoms with Crippen LogP contribution in [0.5, 0.6) is 0 Å². The normalized spacial score (nSPS) is 13.5. The van der Waals surface area contributed by atoms with E-state index in [4.69, 9.17) is 0 Å². The topological polar surface area (TPSA) is 29.9 Å². The van der Waals surface area contributed by atoms with Crippen LogP contribution in [0.15, 0.2) is 36.7 Å². The van der Waals surface area contributed by atoms with Gasteiger partial charge in [0.1, 0.15) is 0 Å². The zero-order valence-corrected chi connectivity index (χ0v) is 12.4. The van der Waals surface area contributed by atoms with Gasteiger partial charge in [0.15, 0.2) is 0 Å². The lowest BCUT2D eigenvalue weighted by Crippen LogP contribution is -2.23. The van der Waals surface area contributed by atoms with Crippen molar-refractivity contribution in [2.24, 2.45) is 7.05 Å². The molecule has 3 heteroatoms. The molecule has 1 unspecified atom stereocenters. The first-order valence-electron chi connectivity index (χ1n) is 6.68. The molecule has 2 rings (SSSR count). The van der Waals surface area contributed by atoms with Crippen molar-refractivity contribution in [1.29, 1.82) is 0 Å². The molecule has 0 saturated heterocycles. The Balaban J connectivity index is 2.50. The fourth-order valence-electron chi connectivity index (χ4n) is 2.52. The standard InChI is InChI=1S/C16H23N3/c1-16(2,3)14-9-7-6-8-13(14)15(17-4)12-10-18-19(5)11-12/h6-11,15,17H,1-5H3. The number of hydrogen-bond acceptors (Lipinski definition) is 2. The van der Waals surface area contributed by atoms with Gasteiger partial charge in [-0.1, -0.05) is 45.0 Å². The summed E-state index contributed by atoms with van der Waals surface area (Å²) < 4.78 is 1.85. The summed E-state index contributed by atoms with van der Waals surface area (Å²) in [4.78, 5) is 0. The van der Waals surface area contributed by atoms with E-state index in [9.17, 15) is 0 Å². The van der Waals surface area contributed by atoms with Crippen LogP contribution in [0.25, 0.3) is 0 Å². The van der Waals surface area contributed by atoms with E-state index in [0.29, 0.717) is 0 Å². The van der Waals surface area contributed by atoms with E-state index < -0.39 is 0 Å². The second-order valence-corrected chi connectivity index (χ2v) is 6.01. The molecule has 1 aromatic carbocycles. The maximum absolute atomic E-state index is 4.28. The number of benzene rings is 1. The van der Waals surface area contributed by atoms with E-state index in [1.807, 2.05) is 25.0 Å². The molecule has 0 aliphatic rings. The lowest BCUT2D eigenvalue weighted by Gasteiger charge is -2.27. The molecule has 0 aliphatic carbocycles. The summed E-state index contributed by atoms with van der Waals surface area (Å²) in [6, 6.07) is 8.82. The van der Waals surface area contributed by atoms with Crippen LogP contribution in [0.3, 0.4) is 0 Å². The molecule has 0 aliphatic heterocycles. The molecule has 1 heterocycles. The monoisotopic (exact) mass is 257 g/mol. The Morgan fingerprint density at radius 2 is 1.89 bits per heavy atom. The van der Waals surface area contributed by atoms with Crippen molar-refractivity contribution in [3.8, 4) is 0 Å². The summed E-state index contributed by atoms with van der Waals surface area (Å²) in [5, 5.41) is 7.69. The third-order valence-electron chi connectivity index (χ3n) is 3.43. The predicted molar refractivity (Wildman–Crippen MR) is 79.3 cm³/mol. The molecule has 3 nitrogen and oxygen atoms in total. The third-order valence-corrected chi connectivity index (χ3v) is 3.43. The van der Waals surface area contributed by atoms with Gasteiger partial charge in [-0.2, -0.15) is 5.10 Å². The number of nitrogens with zero attached hydrogens (tertiary/aromatic N) is 2. The quantitative estimate of drug-likeness (QED) is 0.916. The van der Waals surface area contributed by atoms with Crippen LogP contribution in [0, 0.1) is 0 Å². The van der Waals surface area contributed by atoms with E-state index in [1.54, 1.807) is 0 Å². The zero-order chi connectivity index (χ0) is 14.0. The van der Waals surface area contributed by atoms with E-state index in [0.717, 1.165) is 0 Å². The van der Waals surface area contributed by atoms with Crippen LogP contribution >= 0.6 is 0 Å². The van der Waals surface area contributed by atoms with Gasteiger partial charge in [0.05, 0.1) is 12.2 Å². The number of nitrogens with one attached hydrogen (secondary N) is 1. The van der Waals surface area contributed by atoms with E-state index in [-0.39, 0.29) is 11.5 Å². The van der Waals surface area contributed by atoms with Gasteiger partial charge in [0, 0.05) is 18.8 Å². The van der Waals surface area contributed by atoms with E-state index in [2.05, 4.69) is 61.6 Å². The number of aryl methyl sites for hydroxylation is 1. The molecule has 0 fully saturated rings. The highest BCUT2D eigenvalue weighted by Crippen LogP contribution is 2.32. The predicted octanol–water partition coefficient (Wildman–Crippen LogP) is 3.03. The Hall–Kier alpha value is -1.61. The Morgan fingerprint density at radius 1 is 1.21 bits per heavy atom. The lowest BCUT2D eigenvalue weighted by atomic mass is 9.81. The summed E-state index contributed by atoms with van der Waals surface area (Å²) in [5.41, 5.74) is 4.03. The average molecular weight is 257 g/mol. The van der Waals surface area contributed by atoms with Crippen LogP contribution in [0.2, 0.25) is 0 Å². The highest BCUT2D eigenvalue weighted by Gasteiger charge is 2.23. The molecule has 19 heavy (non-hydrogen) atoms. The van der Waals surface area contributed by atoms with Gasteiger partial charge in [0.2, 0.25) is 0 Å². The molecule has 1 N–H and O–H groups in total. The van der Waals surface area contributed by atoms with Crippen molar-refractivity contribution >= 4 is 0 Å². The summed E-state index contributed by atoms with van der Waals surface area (Å²) >= 11 is 0. The summed E-state index contributed by atoms with van der Waals surface area (Å²) in [7, 11) is 3.95. The van der Waals surface area contributed by atoms with Crippen molar-refractivity contribution in [3.63, 3.8) is 0 Å². The number of aromatic nitrogens is 2. The molecule has 102 valence electrons. The second kappa shape index (κ2) is 5.17. The molecular weight excluding hydrogens is 234 g/mol. The first kappa shape index (κ1) is 13.8. The van der Waals surface area contributed by atoms with Crippen molar-refractivity contribution in [3.05, 3.63) is 53.3 Å². The Bertz CT molecular complexity index is 549. The van der Waals surface area contributed by atoms with Gasteiger partial charge >= 0.3 is 0 Å². The molecule has 0 radical (unpaired) electrons. The molecule has 0 amide bonds. The summed E-state index contributed by atoms with van der Waals surface area (Å²) in [6.07, 6.45) is 4.00. The first-order chi connectivity index (χ1) is 8.93. The first-order valence-corrected chi connectivity index (χ1v) is 6.68. The van der Waals surface area contributed by atoms with Crippen LogP contribution in [0.4, 0.5) is 0 Å². The SMILES string of the molecule is CNC(c1cnn(C)c1)c1ccccc1C(C)(C)C. The number of rotatable bonds is 3. The van der Waals surface area contributed by atoms with Crippen LogP contribution in [-0.4, -0.2) is 16.8 Å². The fraction of sp³-hybridized carbons (Fsp3) is 0.438. The van der Waals surface area contributed by atoms with Crippen molar-refractivity contribution in [1.82, 2.24) is 15.1 Å². The molecule has 1 aromatic heterocycles. The van der Waals surface area contributed by atoms with Crippen LogP contribution in [0.1, 0.15) is 43.5 Å². The lowest BCUT2D eigenvalue weighted by molar-refractivity contribution is 0.567. The van der Waals surface area contributed by atoms with Gasteiger partial charge < -0.3 is 5.32 Å². The highest BCUT2D eigenvalue weighted by molar-refractivity contribution is 5.39. The summed E-state index contributed by atoms with van der Waals surface area (Å²) in [6.45, 7) is 6.76. The van der Waals surface area contributed by atoms with Gasteiger partial charge in [-0.15, -0.1) is 0 Å². The highest BCUT2D eigenvalue weighted by atomic mass is 15.2. The molecule has 2 aromatic rings. The minimum atomic E-state index is 0.133. The largest absolute Gasteiger partial charge is 0.309 e. The zero-order valence-electron chi connectivity index (χ0n) is 12.4. The Morgan fingerprint density at radius 3 is 2.42 bits per heavy atom. The van der Waals surface area contributed by atoms with E-state index in [1.165, 1.54) is 16.7 Å². The van der Waals surface area contributed by atoms with Crippen molar-refractivity contribution in [2.75, 3.05) is 7.05 Å². The van der Waals surface area contributed by atoms with Gasteiger partial charge in [-0.25, -0.2) is 0 Å². The van der Waals surface area contributed by atoms with Crippen molar-refractivity contribution in [2.45, 2.75) is 32.2 Å². The third kappa shape index (κ3) is 2.87. The van der Waals surface area contributed by atoms with Gasteiger partial charge in [0.25, 0.3) is 0 Å². The Labute approximate surface area is 115 Å². The maximum atomic E-state index is 4.28. The molecule has 0 bridgehead atoms. The molecule has 0 saturated carbocycles.